The van der Waals surface area contributed by atoms with Gasteiger partial charge in [0.15, 0.2) is 6.29 Å². The van der Waals surface area contributed by atoms with Crippen molar-refractivity contribution in [2.45, 2.75) is 121 Å². The Kier molecular flexibility index (Phi) is 15.7. The van der Waals surface area contributed by atoms with Gasteiger partial charge in [0, 0.05) is 0 Å². The van der Waals surface area contributed by atoms with Crippen molar-refractivity contribution in [1.29, 1.82) is 0 Å². The zero-order valence-corrected chi connectivity index (χ0v) is 18.3. The van der Waals surface area contributed by atoms with Crippen LogP contribution in [0.15, 0.2) is 12.2 Å². The van der Waals surface area contributed by atoms with Crippen LogP contribution in [0.4, 0.5) is 0 Å². The van der Waals surface area contributed by atoms with Crippen LogP contribution in [0.2, 0.25) is 0 Å². The summed E-state index contributed by atoms with van der Waals surface area (Å²) in [6.45, 7) is 2.06. The lowest BCUT2D eigenvalue weighted by Gasteiger charge is -2.39. The third-order valence-electron chi connectivity index (χ3n) is 5.60. The normalized spacial score (nSPS) is 27.7. The van der Waals surface area contributed by atoms with Crippen molar-refractivity contribution in [1.82, 2.24) is 0 Å². The second kappa shape index (κ2) is 17.2. The van der Waals surface area contributed by atoms with Gasteiger partial charge < -0.3 is 29.9 Å². The molecule has 0 aromatic rings. The molecule has 1 aliphatic rings. The monoisotopic (exact) mass is 416 g/mol. The van der Waals surface area contributed by atoms with E-state index in [9.17, 15) is 15.3 Å². The fraction of sp³-hybridized carbons (Fsp3) is 0.913. The summed E-state index contributed by atoms with van der Waals surface area (Å²) in [4.78, 5) is 0. The summed E-state index contributed by atoms with van der Waals surface area (Å²) in [5, 5.41) is 38.5. The van der Waals surface area contributed by atoms with Crippen LogP contribution in [0.1, 0.15) is 90.4 Å². The molecule has 0 bridgehead atoms. The Morgan fingerprint density at radius 3 is 1.83 bits per heavy atom. The molecule has 6 nitrogen and oxygen atoms in total. The van der Waals surface area contributed by atoms with Crippen molar-refractivity contribution < 1.29 is 29.9 Å². The van der Waals surface area contributed by atoms with Gasteiger partial charge in [-0.2, -0.15) is 0 Å². The number of aliphatic hydroxyl groups excluding tert-OH is 4. The van der Waals surface area contributed by atoms with Crippen LogP contribution < -0.4 is 0 Å². The van der Waals surface area contributed by atoms with E-state index < -0.39 is 37.3 Å². The zero-order valence-electron chi connectivity index (χ0n) is 18.3. The molecule has 5 atom stereocenters. The van der Waals surface area contributed by atoms with Gasteiger partial charge in [0.05, 0.1) is 13.2 Å². The summed E-state index contributed by atoms with van der Waals surface area (Å²) < 4.78 is 10.7. The van der Waals surface area contributed by atoms with E-state index in [-0.39, 0.29) is 6.61 Å². The fourth-order valence-corrected chi connectivity index (χ4v) is 3.64. The highest BCUT2D eigenvalue weighted by molar-refractivity contribution is 4.89. The van der Waals surface area contributed by atoms with Gasteiger partial charge in [-0.3, -0.25) is 0 Å². The maximum absolute atomic E-state index is 9.88. The zero-order chi connectivity index (χ0) is 21.3. The van der Waals surface area contributed by atoms with Crippen molar-refractivity contribution in [3.8, 4) is 0 Å². The molecule has 1 saturated heterocycles. The molecule has 172 valence electrons. The number of hydrogen-bond acceptors (Lipinski definition) is 6. The summed E-state index contributed by atoms with van der Waals surface area (Å²) >= 11 is 0. The topological polar surface area (TPSA) is 99.4 Å². The highest BCUT2D eigenvalue weighted by atomic mass is 16.7. The molecule has 0 amide bonds. The lowest BCUT2D eigenvalue weighted by atomic mass is 9.99. The van der Waals surface area contributed by atoms with Crippen molar-refractivity contribution >= 4 is 0 Å². The minimum absolute atomic E-state index is 0.251. The van der Waals surface area contributed by atoms with Crippen LogP contribution in [-0.2, 0) is 9.47 Å². The molecular weight excluding hydrogens is 372 g/mol. The number of rotatable bonds is 17. The van der Waals surface area contributed by atoms with E-state index in [4.69, 9.17) is 14.6 Å². The Bertz CT molecular complexity index is 401. The van der Waals surface area contributed by atoms with Crippen LogP contribution >= 0.6 is 0 Å². The minimum atomic E-state index is -1.39. The van der Waals surface area contributed by atoms with E-state index in [0.29, 0.717) is 0 Å². The first-order valence-corrected chi connectivity index (χ1v) is 11.7. The maximum atomic E-state index is 9.88. The Labute approximate surface area is 176 Å². The minimum Gasteiger partial charge on any atom is -0.394 e. The predicted molar refractivity (Wildman–Crippen MR) is 115 cm³/mol. The van der Waals surface area contributed by atoms with Crippen molar-refractivity contribution in [2.24, 2.45) is 0 Å². The van der Waals surface area contributed by atoms with Crippen molar-refractivity contribution in [3.63, 3.8) is 0 Å². The summed E-state index contributed by atoms with van der Waals surface area (Å²) in [5.41, 5.74) is 0. The molecule has 0 aliphatic carbocycles. The Morgan fingerprint density at radius 2 is 1.28 bits per heavy atom. The van der Waals surface area contributed by atoms with E-state index in [2.05, 4.69) is 13.0 Å². The van der Waals surface area contributed by atoms with Gasteiger partial charge in [-0.25, -0.2) is 0 Å². The first-order chi connectivity index (χ1) is 14.1. The third-order valence-corrected chi connectivity index (χ3v) is 5.60. The molecule has 1 fully saturated rings. The van der Waals surface area contributed by atoms with E-state index in [1.54, 1.807) is 0 Å². The molecule has 6 heteroatoms. The molecular formula is C23H44O6. The summed E-state index contributed by atoms with van der Waals surface area (Å²) in [6.07, 6.45) is 14.9. The number of allylic oxidation sites excluding steroid dienone is 1. The first-order valence-electron chi connectivity index (χ1n) is 11.7. The van der Waals surface area contributed by atoms with Crippen molar-refractivity contribution in [2.75, 3.05) is 13.2 Å². The van der Waals surface area contributed by atoms with Gasteiger partial charge in [0.25, 0.3) is 0 Å². The highest BCUT2D eigenvalue weighted by Gasteiger charge is 2.43. The molecule has 0 aromatic carbocycles. The quantitative estimate of drug-likeness (QED) is 0.214. The molecule has 4 N–H and O–H groups in total. The van der Waals surface area contributed by atoms with Gasteiger partial charge in [0.2, 0.25) is 0 Å². The van der Waals surface area contributed by atoms with E-state index in [0.717, 1.165) is 12.8 Å². The number of ether oxygens (including phenoxy) is 2. The number of hydrogen-bond donors (Lipinski definition) is 4. The lowest BCUT2D eigenvalue weighted by molar-refractivity contribution is -0.298. The van der Waals surface area contributed by atoms with Gasteiger partial charge in [-0.05, 0) is 12.8 Å². The average Bonchev–Trinajstić information content (AvgIpc) is 2.73. The molecule has 0 saturated carbocycles. The standard InChI is InChI=1S/C23H44O6/c1-2-3-4-5-6-7-8-9-10-11-12-13-14-15-16-17-28-23-22(27)21(26)20(25)19(18-24)29-23/h15-16,19-27H,2-14,17-18H2,1H3/b16-15+/t19-,20+,21+,22-,23+/m1/s1. The Hall–Kier alpha value is -0.500. The second-order valence-electron chi connectivity index (χ2n) is 8.18. The number of unbranched alkanes of at least 4 members (excludes halogenated alkanes) is 12. The van der Waals surface area contributed by atoms with Crippen LogP contribution in [0.25, 0.3) is 0 Å². The van der Waals surface area contributed by atoms with Gasteiger partial charge in [0.1, 0.15) is 24.4 Å². The van der Waals surface area contributed by atoms with Gasteiger partial charge in [-0.1, -0.05) is 89.7 Å². The number of aliphatic hydroxyl groups is 4. The summed E-state index contributed by atoms with van der Waals surface area (Å²) in [7, 11) is 0. The lowest BCUT2D eigenvalue weighted by Crippen LogP contribution is -2.59. The molecule has 0 radical (unpaired) electrons. The SMILES string of the molecule is CCCCCCCCCCCCCC/C=C/CO[C@H]1O[C@H](CO)[C@H](O)[C@H](O)[C@H]1O. The molecule has 1 heterocycles. The molecule has 1 rings (SSSR count). The van der Waals surface area contributed by atoms with Crippen LogP contribution in [0, 0.1) is 0 Å². The summed E-state index contributed by atoms with van der Waals surface area (Å²) in [5.74, 6) is 0. The summed E-state index contributed by atoms with van der Waals surface area (Å²) in [6, 6.07) is 0. The van der Waals surface area contributed by atoms with Crippen LogP contribution in [0.5, 0.6) is 0 Å². The largest absolute Gasteiger partial charge is 0.394 e. The first kappa shape index (κ1) is 26.5. The van der Waals surface area contributed by atoms with Gasteiger partial charge in [-0.15, -0.1) is 0 Å². The molecule has 0 spiro atoms. The average molecular weight is 417 g/mol. The van der Waals surface area contributed by atoms with Gasteiger partial charge >= 0.3 is 0 Å². The van der Waals surface area contributed by atoms with Crippen LogP contribution in [0.3, 0.4) is 0 Å². The molecule has 29 heavy (non-hydrogen) atoms. The van der Waals surface area contributed by atoms with Crippen LogP contribution in [-0.4, -0.2) is 64.3 Å². The smallest absolute Gasteiger partial charge is 0.187 e. The van der Waals surface area contributed by atoms with E-state index in [1.165, 1.54) is 70.6 Å². The Morgan fingerprint density at radius 1 is 0.724 bits per heavy atom. The van der Waals surface area contributed by atoms with E-state index >= 15 is 0 Å². The fourth-order valence-electron chi connectivity index (χ4n) is 3.64. The second-order valence-corrected chi connectivity index (χ2v) is 8.18. The molecule has 1 aliphatic heterocycles. The Balaban J connectivity index is 1.94. The highest BCUT2D eigenvalue weighted by Crippen LogP contribution is 2.21. The molecule has 0 unspecified atom stereocenters. The molecule has 0 aromatic heterocycles. The third kappa shape index (κ3) is 11.5. The van der Waals surface area contributed by atoms with Crippen molar-refractivity contribution in [3.05, 3.63) is 12.2 Å². The maximum Gasteiger partial charge on any atom is 0.187 e. The predicted octanol–water partition coefficient (Wildman–Crippen LogP) is 3.45. The van der Waals surface area contributed by atoms with E-state index in [1.807, 2.05) is 6.08 Å².